The predicted molar refractivity (Wildman–Crippen MR) is 84.2 cm³/mol. The van der Waals surface area contributed by atoms with Crippen LogP contribution >= 0.6 is 12.4 Å². The van der Waals surface area contributed by atoms with Gasteiger partial charge >= 0.3 is 0 Å². The van der Waals surface area contributed by atoms with Crippen molar-refractivity contribution >= 4 is 29.9 Å². The highest BCUT2D eigenvalue weighted by molar-refractivity contribution is 5.95. The topological polar surface area (TPSA) is 103 Å². The summed E-state index contributed by atoms with van der Waals surface area (Å²) in [6, 6.07) is 6.34. The molecule has 0 bridgehead atoms. The smallest absolute Gasteiger partial charge is 0.255 e. The van der Waals surface area contributed by atoms with Crippen molar-refractivity contribution in [2.75, 3.05) is 25.1 Å². The minimum atomic E-state index is -0.537. The molecule has 1 aromatic rings. The van der Waals surface area contributed by atoms with Crippen molar-refractivity contribution in [3.63, 3.8) is 0 Å². The summed E-state index contributed by atoms with van der Waals surface area (Å²) in [5.74, 6) is -0.169. The number of amides is 2. The fourth-order valence-electron chi connectivity index (χ4n) is 2.04. The summed E-state index contributed by atoms with van der Waals surface area (Å²) in [5.41, 5.74) is 5.64. The Bertz CT molecular complexity index is 509. The van der Waals surface area contributed by atoms with Gasteiger partial charge in [0, 0.05) is 12.2 Å². The van der Waals surface area contributed by atoms with E-state index in [0.717, 1.165) is 0 Å². The summed E-state index contributed by atoms with van der Waals surface area (Å²) in [5, 5.41) is 5.93. The third-order valence-corrected chi connectivity index (χ3v) is 3.10. The van der Waals surface area contributed by atoms with Crippen molar-refractivity contribution in [1.29, 1.82) is 0 Å². The Balaban J connectivity index is 0.00000242. The lowest BCUT2D eigenvalue weighted by molar-refractivity contribution is -0.123. The van der Waals surface area contributed by atoms with Crippen molar-refractivity contribution in [2.24, 2.45) is 5.73 Å². The molecule has 0 spiro atoms. The highest BCUT2D eigenvalue weighted by Gasteiger charge is 2.28. The van der Waals surface area contributed by atoms with E-state index in [-0.39, 0.29) is 37.1 Å². The first-order valence-electron chi connectivity index (χ1n) is 6.73. The molecular formula is C14H20ClN3O4. The molecule has 22 heavy (non-hydrogen) atoms. The van der Waals surface area contributed by atoms with Gasteiger partial charge in [-0.2, -0.15) is 0 Å². The largest absolute Gasteiger partial charge is 0.484 e. The van der Waals surface area contributed by atoms with Crippen LogP contribution < -0.4 is 21.1 Å². The number of hydrogen-bond acceptors (Lipinski definition) is 5. The van der Waals surface area contributed by atoms with Gasteiger partial charge in [0.2, 0.25) is 5.91 Å². The van der Waals surface area contributed by atoms with Gasteiger partial charge in [0.05, 0.1) is 12.7 Å². The molecule has 122 valence electrons. The fraction of sp³-hybridized carbons (Fsp3) is 0.429. The van der Waals surface area contributed by atoms with Crippen LogP contribution in [0.4, 0.5) is 5.69 Å². The predicted octanol–water partition coefficient (Wildman–Crippen LogP) is 0.288. The van der Waals surface area contributed by atoms with E-state index in [9.17, 15) is 9.59 Å². The second-order valence-electron chi connectivity index (χ2n) is 4.78. The highest BCUT2D eigenvalue weighted by atomic mass is 35.5. The van der Waals surface area contributed by atoms with Gasteiger partial charge in [-0.25, -0.2) is 0 Å². The van der Waals surface area contributed by atoms with Crippen LogP contribution in [-0.2, 0) is 14.3 Å². The van der Waals surface area contributed by atoms with Gasteiger partial charge in [-0.15, -0.1) is 12.4 Å². The Hall–Kier alpha value is -1.83. The van der Waals surface area contributed by atoms with Crippen LogP contribution in [0.1, 0.15) is 6.92 Å². The summed E-state index contributed by atoms with van der Waals surface area (Å²) in [6.07, 6.45) is -0.170. The SMILES string of the molecule is C[C@H]1OCCN[C@@H]1C(=O)Nc1ccc(OCC(N)=O)cc1.Cl. The zero-order valence-corrected chi connectivity index (χ0v) is 13.0. The van der Waals surface area contributed by atoms with Gasteiger partial charge in [-0.1, -0.05) is 0 Å². The van der Waals surface area contributed by atoms with Gasteiger partial charge in [-0.05, 0) is 31.2 Å². The van der Waals surface area contributed by atoms with Gasteiger partial charge in [0.25, 0.3) is 5.91 Å². The molecule has 1 fully saturated rings. The summed E-state index contributed by atoms with van der Waals surface area (Å²) in [6.45, 7) is 2.95. The number of carbonyl (C=O) groups is 2. The number of morpholine rings is 1. The van der Waals surface area contributed by atoms with E-state index in [1.54, 1.807) is 24.3 Å². The molecule has 1 heterocycles. The number of benzene rings is 1. The van der Waals surface area contributed by atoms with Crippen LogP contribution in [0.25, 0.3) is 0 Å². The lowest BCUT2D eigenvalue weighted by Crippen LogP contribution is -2.53. The molecule has 2 atom stereocenters. The molecule has 1 aromatic carbocycles. The molecule has 7 nitrogen and oxygen atoms in total. The monoisotopic (exact) mass is 329 g/mol. The number of rotatable bonds is 5. The number of carbonyl (C=O) groups excluding carboxylic acids is 2. The van der Waals surface area contributed by atoms with Crippen LogP contribution in [0, 0.1) is 0 Å². The summed E-state index contributed by atoms with van der Waals surface area (Å²) in [7, 11) is 0. The lowest BCUT2D eigenvalue weighted by atomic mass is 10.1. The second-order valence-corrected chi connectivity index (χ2v) is 4.78. The van der Waals surface area contributed by atoms with E-state index in [4.69, 9.17) is 15.2 Å². The number of nitrogens with one attached hydrogen (secondary N) is 2. The van der Waals surface area contributed by atoms with Gasteiger partial charge in [0.15, 0.2) is 6.61 Å². The Kier molecular flexibility index (Phi) is 7.10. The van der Waals surface area contributed by atoms with Gasteiger partial charge in [0.1, 0.15) is 11.8 Å². The van der Waals surface area contributed by atoms with Crippen LogP contribution in [0.3, 0.4) is 0 Å². The van der Waals surface area contributed by atoms with Crippen LogP contribution in [0.15, 0.2) is 24.3 Å². The molecule has 0 aromatic heterocycles. The molecule has 1 aliphatic rings. The Morgan fingerprint density at radius 3 is 2.68 bits per heavy atom. The van der Waals surface area contributed by atoms with Crippen molar-refractivity contribution in [1.82, 2.24) is 5.32 Å². The number of anilines is 1. The van der Waals surface area contributed by atoms with Crippen molar-refractivity contribution in [3.8, 4) is 5.75 Å². The molecule has 8 heteroatoms. The molecule has 2 rings (SSSR count). The maximum atomic E-state index is 12.1. The third kappa shape index (κ3) is 5.18. The van der Waals surface area contributed by atoms with Crippen molar-refractivity contribution < 1.29 is 19.1 Å². The first-order chi connectivity index (χ1) is 10.1. The van der Waals surface area contributed by atoms with Gasteiger partial charge in [-0.3, -0.25) is 9.59 Å². The minimum Gasteiger partial charge on any atom is -0.484 e. The first-order valence-corrected chi connectivity index (χ1v) is 6.73. The maximum absolute atomic E-state index is 12.1. The quantitative estimate of drug-likeness (QED) is 0.720. The molecule has 2 amide bonds. The fourth-order valence-corrected chi connectivity index (χ4v) is 2.04. The Labute approximate surface area is 134 Å². The zero-order chi connectivity index (χ0) is 15.2. The van der Waals surface area contributed by atoms with Crippen molar-refractivity contribution in [2.45, 2.75) is 19.1 Å². The summed E-state index contributed by atoms with van der Waals surface area (Å²) >= 11 is 0. The molecule has 0 saturated carbocycles. The molecule has 0 aliphatic carbocycles. The molecule has 4 N–H and O–H groups in total. The minimum absolute atomic E-state index is 0. The van der Waals surface area contributed by atoms with E-state index in [2.05, 4.69) is 10.6 Å². The van der Waals surface area contributed by atoms with Gasteiger partial charge < -0.3 is 25.8 Å². The Morgan fingerprint density at radius 2 is 2.09 bits per heavy atom. The summed E-state index contributed by atoms with van der Waals surface area (Å²) < 4.78 is 10.6. The maximum Gasteiger partial charge on any atom is 0.255 e. The standard InChI is InChI=1S/C14H19N3O4.ClH/c1-9-13(16-6-7-20-9)14(19)17-10-2-4-11(5-3-10)21-8-12(15)18;/h2-5,9,13,16H,6-8H2,1H3,(H2,15,18)(H,17,19);1H/t9-,13+;/m1./s1. The zero-order valence-electron chi connectivity index (χ0n) is 12.2. The molecular weight excluding hydrogens is 310 g/mol. The van der Waals surface area contributed by atoms with Crippen LogP contribution in [0.2, 0.25) is 0 Å². The number of hydrogen-bond donors (Lipinski definition) is 3. The number of primary amides is 1. The first kappa shape index (κ1) is 18.2. The van der Waals surface area contributed by atoms with E-state index in [0.29, 0.717) is 24.6 Å². The Morgan fingerprint density at radius 1 is 1.41 bits per heavy atom. The van der Waals surface area contributed by atoms with Crippen molar-refractivity contribution in [3.05, 3.63) is 24.3 Å². The average Bonchev–Trinajstić information content (AvgIpc) is 2.47. The number of halogens is 1. The van der Waals surface area contributed by atoms with E-state index in [1.807, 2.05) is 6.92 Å². The molecule has 1 saturated heterocycles. The third-order valence-electron chi connectivity index (χ3n) is 3.10. The highest BCUT2D eigenvalue weighted by Crippen LogP contribution is 2.16. The normalized spacial score (nSPS) is 20.6. The van der Waals surface area contributed by atoms with E-state index < -0.39 is 5.91 Å². The van der Waals surface area contributed by atoms with E-state index in [1.165, 1.54) is 0 Å². The van der Waals surface area contributed by atoms with Crippen LogP contribution in [0.5, 0.6) is 5.75 Å². The van der Waals surface area contributed by atoms with Crippen LogP contribution in [-0.4, -0.2) is 43.7 Å². The molecule has 0 unspecified atom stereocenters. The van der Waals surface area contributed by atoms with E-state index >= 15 is 0 Å². The number of ether oxygens (including phenoxy) is 2. The molecule has 1 aliphatic heterocycles. The second kappa shape index (κ2) is 8.57. The number of nitrogens with two attached hydrogens (primary N) is 1. The summed E-state index contributed by atoms with van der Waals surface area (Å²) in [4.78, 5) is 22.7. The average molecular weight is 330 g/mol. The lowest BCUT2D eigenvalue weighted by Gasteiger charge is -2.29. The molecule has 0 radical (unpaired) electrons.